The molecule has 21 heavy (non-hydrogen) atoms. The van der Waals surface area contributed by atoms with E-state index < -0.39 is 0 Å². The molecule has 0 atom stereocenters. The van der Waals surface area contributed by atoms with E-state index >= 15 is 0 Å². The highest BCUT2D eigenvalue weighted by atomic mass is 16.5. The van der Waals surface area contributed by atoms with Crippen molar-refractivity contribution < 1.29 is 9.47 Å². The third kappa shape index (κ3) is 2.80. The fourth-order valence-electron chi connectivity index (χ4n) is 2.21. The highest BCUT2D eigenvalue weighted by Gasteiger charge is 2.06. The Bertz CT molecular complexity index is 754. The molecule has 0 unspecified atom stereocenters. The summed E-state index contributed by atoms with van der Waals surface area (Å²) in [4.78, 5) is 4.51. The van der Waals surface area contributed by atoms with Crippen LogP contribution in [0.2, 0.25) is 0 Å². The molecular weight excluding hydrogens is 264 g/mol. The molecule has 0 saturated carbocycles. The summed E-state index contributed by atoms with van der Waals surface area (Å²) >= 11 is 0. The van der Waals surface area contributed by atoms with Crippen molar-refractivity contribution in [2.75, 3.05) is 7.11 Å². The third-order valence-corrected chi connectivity index (χ3v) is 3.28. The van der Waals surface area contributed by atoms with E-state index in [0.29, 0.717) is 18.2 Å². The summed E-state index contributed by atoms with van der Waals surface area (Å²) < 4.78 is 10.9. The maximum atomic E-state index is 5.82. The predicted molar refractivity (Wildman–Crippen MR) is 82.7 cm³/mol. The number of fused-ring (bicyclic) bond motifs is 1. The van der Waals surface area contributed by atoms with E-state index in [0.717, 1.165) is 22.2 Å². The number of nitrogens with two attached hydrogens (primary N) is 1. The van der Waals surface area contributed by atoms with Gasteiger partial charge in [0.2, 0.25) is 5.88 Å². The summed E-state index contributed by atoms with van der Waals surface area (Å²) in [6.07, 6.45) is 0. The molecule has 4 heteroatoms. The number of hydrogen-bond donors (Lipinski definition) is 1. The summed E-state index contributed by atoms with van der Waals surface area (Å²) in [5, 5.41) is 1.06. The number of hydrogen-bond acceptors (Lipinski definition) is 4. The highest BCUT2D eigenvalue weighted by molar-refractivity contribution is 5.82. The summed E-state index contributed by atoms with van der Waals surface area (Å²) in [5.74, 6) is 2.04. The standard InChI is InChI=1S/C17H16N2O2/c1-20-13-6-8-14(9-7-13)21-17-10-12(11-18)15-4-2-3-5-16(15)19-17/h2-10H,11,18H2,1H3. The minimum atomic E-state index is 0.446. The number of nitrogens with zero attached hydrogens (tertiary/aromatic N) is 1. The van der Waals surface area contributed by atoms with Crippen molar-refractivity contribution in [1.29, 1.82) is 0 Å². The van der Waals surface area contributed by atoms with E-state index in [4.69, 9.17) is 15.2 Å². The first-order valence-corrected chi connectivity index (χ1v) is 6.71. The summed E-state index contributed by atoms with van der Waals surface area (Å²) in [5.41, 5.74) is 7.71. The van der Waals surface area contributed by atoms with Gasteiger partial charge in [-0.05, 0) is 35.9 Å². The van der Waals surface area contributed by atoms with Crippen LogP contribution >= 0.6 is 0 Å². The number of pyridine rings is 1. The van der Waals surface area contributed by atoms with Gasteiger partial charge in [0.05, 0.1) is 12.6 Å². The van der Waals surface area contributed by atoms with Gasteiger partial charge in [0.15, 0.2) is 0 Å². The van der Waals surface area contributed by atoms with Gasteiger partial charge in [-0.1, -0.05) is 18.2 Å². The molecule has 0 amide bonds. The van der Waals surface area contributed by atoms with Crippen LogP contribution in [0, 0.1) is 0 Å². The molecule has 1 heterocycles. The van der Waals surface area contributed by atoms with Gasteiger partial charge in [-0.25, -0.2) is 4.98 Å². The van der Waals surface area contributed by atoms with Crippen molar-refractivity contribution in [3.8, 4) is 17.4 Å². The van der Waals surface area contributed by atoms with Gasteiger partial charge in [0.25, 0.3) is 0 Å². The number of aromatic nitrogens is 1. The minimum Gasteiger partial charge on any atom is -0.497 e. The molecular formula is C17H16N2O2. The van der Waals surface area contributed by atoms with Crippen molar-refractivity contribution >= 4 is 10.9 Å². The Morgan fingerprint density at radius 2 is 1.71 bits per heavy atom. The zero-order valence-electron chi connectivity index (χ0n) is 11.7. The average Bonchev–Trinajstić information content (AvgIpc) is 2.55. The number of para-hydroxylation sites is 1. The van der Waals surface area contributed by atoms with Gasteiger partial charge in [0, 0.05) is 18.0 Å². The summed E-state index contributed by atoms with van der Waals surface area (Å²) in [6, 6.07) is 17.2. The van der Waals surface area contributed by atoms with E-state index in [1.165, 1.54) is 0 Å². The first kappa shape index (κ1) is 13.4. The molecule has 4 nitrogen and oxygen atoms in total. The lowest BCUT2D eigenvalue weighted by atomic mass is 10.1. The predicted octanol–water partition coefficient (Wildman–Crippen LogP) is 3.49. The lowest BCUT2D eigenvalue weighted by molar-refractivity contribution is 0.412. The molecule has 0 radical (unpaired) electrons. The topological polar surface area (TPSA) is 57.4 Å². The van der Waals surface area contributed by atoms with Crippen LogP contribution in [0.4, 0.5) is 0 Å². The van der Waals surface area contributed by atoms with E-state index in [1.54, 1.807) is 7.11 Å². The van der Waals surface area contributed by atoms with Gasteiger partial charge in [-0.2, -0.15) is 0 Å². The molecule has 0 aliphatic heterocycles. The number of ether oxygens (including phenoxy) is 2. The Morgan fingerprint density at radius 3 is 2.43 bits per heavy atom. The van der Waals surface area contributed by atoms with Gasteiger partial charge in [0.1, 0.15) is 11.5 Å². The second kappa shape index (κ2) is 5.81. The molecule has 0 spiro atoms. The lowest BCUT2D eigenvalue weighted by Gasteiger charge is -2.09. The van der Waals surface area contributed by atoms with Crippen LogP contribution in [0.15, 0.2) is 54.6 Å². The van der Waals surface area contributed by atoms with Crippen LogP contribution in [0.5, 0.6) is 17.4 Å². The van der Waals surface area contributed by atoms with E-state index in [1.807, 2.05) is 54.6 Å². The molecule has 2 aromatic carbocycles. The van der Waals surface area contributed by atoms with Crippen molar-refractivity contribution in [3.63, 3.8) is 0 Å². The quantitative estimate of drug-likeness (QED) is 0.794. The molecule has 0 fully saturated rings. The number of benzene rings is 2. The highest BCUT2D eigenvalue weighted by Crippen LogP contribution is 2.26. The summed E-state index contributed by atoms with van der Waals surface area (Å²) in [6.45, 7) is 0.446. The number of methoxy groups -OCH3 is 1. The summed E-state index contributed by atoms with van der Waals surface area (Å²) in [7, 11) is 1.63. The van der Waals surface area contributed by atoms with Crippen molar-refractivity contribution in [2.24, 2.45) is 5.73 Å². The van der Waals surface area contributed by atoms with Crippen LogP contribution < -0.4 is 15.2 Å². The fraction of sp³-hybridized carbons (Fsp3) is 0.118. The van der Waals surface area contributed by atoms with E-state index in [2.05, 4.69) is 4.98 Å². The molecule has 2 N–H and O–H groups in total. The monoisotopic (exact) mass is 280 g/mol. The normalized spacial score (nSPS) is 10.6. The van der Waals surface area contributed by atoms with Crippen LogP contribution in [-0.2, 0) is 6.54 Å². The van der Waals surface area contributed by atoms with Crippen molar-refractivity contribution in [3.05, 3.63) is 60.2 Å². The Hall–Kier alpha value is -2.59. The molecule has 106 valence electrons. The van der Waals surface area contributed by atoms with Gasteiger partial charge in [-0.3, -0.25) is 0 Å². The van der Waals surface area contributed by atoms with Gasteiger partial charge in [-0.15, -0.1) is 0 Å². The largest absolute Gasteiger partial charge is 0.497 e. The van der Waals surface area contributed by atoms with E-state index in [-0.39, 0.29) is 0 Å². The molecule has 0 saturated heterocycles. The maximum absolute atomic E-state index is 5.82. The second-order valence-electron chi connectivity index (χ2n) is 4.62. The zero-order valence-corrected chi connectivity index (χ0v) is 11.7. The Morgan fingerprint density at radius 1 is 1.00 bits per heavy atom. The SMILES string of the molecule is COc1ccc(Oc2cc(CN)c3ccccc3n2)cc1. The second-order valence-corrected chi connectivity index (χ2v) is 4.62. The fourth-order valence-corrected chi connectivity index (χ4v) is 2.21. The van der Waals surface area contributed by atoms with Crippen molar-refractivity contribution in [2.45, 2.75) is 6.54 Å². The Labute approximate surface area is 123 Å². The molecule has 0 aliphatic rings. The van der Waals surface area contributed by atoms with Crippen LogP contribution in [0.1, 0.15) is 5.56 Å². The average molecular weight is 280 g/mol. The first-order chi connectivity index (χ1) is 10.3. The lowest BCUT2D eigenvalue weighted by Crippen LogP contribution is -1.99. The van der Waals surface area contributed by atoms with Crippen LogP contribution in [0.25, 0.3) is 10.9 Å². The minimum absolute atomic E-state index is 0.446. The van der Waals surface area contributed by atoms with Gasteiger partial charge >= 0.3 is 0 Å². The first-order valence-electron chi connectivity index (χ1n) is 6.71. The van der Waals surface area contributed by atoms with Crippen LogP contribution in [0.3, 0.4) is 0 Å². The smallest absolute Gasteiger partial charge is 0.220 e. The van der Waals surface area contributed by atoms with Crippen LogP contribution in [-0.4, -0.2) is 12.1 Å². The Balaban J connectivity index is 1.96. The molecule has 3 aromatic rings. The zero-order chi connectivity index (χ0) is 14.7. The third-order valence-electron chi connectivity index (χ3n) is 3.28. The molecule has 0 aliphatic carbocycles. The Kier molecular flexibility index (Phi) is 3.71. The van der Waals surface area contributed by atoms with Gasteiger partial charge < -0.3 is 15.2 Å². The van der Waals surface area contributed by atoms with E-state index in [9.17, 15) is 0 Å². The maximum Gasteiger partial charge on any atom is 0.220 e. The molecule has 3 rings (SSSR count). The molecule has 0 bridgehead atoms. The van der Waals surface area contributed by atoms with Crippen molar-refractivity contribution in [1.82, 2.24) is 4.98 Å². The number of rotatable bonds is 4. The molecule has 1 aromatic heterocycles.